The Labute approximate surface area is 200 Å². The van der Waals surface area contributed by atoms with E-state index in [2.05, 4.69) is 18.7 Å². The van der Waals surface area contributed by atoms with E-state index in [0.717, 1.165) is 13.1 Å². The zero-order chi connectivity index (χ0) is 24.8. The standard InChI is InChI=1S/C26H32N2O6/c1-6-27(7-2)14-15-28-23(17-8-10-18(32-3)11-9-17)22(25(30)26(28)31)24(29)20-13-12-19(33-4)16-21(20)34-5/h8-13,16,23,29H,6-7,14-15H2,1-5H3/b24-22-. The van der Waals surface area contributed by atoms with Crippen LogP contribution in [-0.2, 0) is 9.59 Å². The molecular formula is C26H32N2O6. The van der Waals surface area contributed by atoms with Gasteiger partial charge in [0, 0.05) is 19.2 Å². The minimum absolute atomic E-state index is 0.0261. The fourth-order valence-corrected chi connectivity index (χ4v) is 4.17. The van der Waals surface area contributed by atoms with Gasteiger partial charge < -0.3 is 29.1 Å². The number of aliphatic hydroxyl groups is 1. The molecule has 1 aliphatic heterocycles. The van der Waals surface area contributed by atoms with Gasteiger partial charge in [-0.3, -0.25) is 9.59 Å². The van der Waals surface area contributed by atoms with E-state index in [4.69, 9.17) is 14.2 Å². The molecule has 0 aromatic heterocycles. The average Bonchev–Trinajstić information content (AvgIpc) is 3.13. The first kappa shape index (κ1) is 25.1. The lowest BCUT2D eigenvalue weighted by molar-refractivity contribution is -0.140. The van der Waals surface area contributed by atoms with E-state index in [1.54, 1.807) is 49.6 Å². The van der Waals surface area contributed by atoms with Gasteiger partial charge in [-0.25, -0.2) is 0 Å². The van der Waals surface area contributed by atoms with Crippen LogP contribution < -0.4 is 14.2 Å². The van der Waals surface area contributed by atoms with Gasteiger partial charge in [-0.2, -0.15) is 0 Å². The Hall–Kier alpha value is -3.52. The Morgan fingerprint density at radius 3 is 2.12 bits per heavy atom. The number of likely N-dealkylation sites (N-methyl/N-ethyl adjacent to an activating group) is 1. The maximum Gasteiger partial charge on any atom is 0.295 e. The molecule has 8 heteroatoms. The summed E-state index contributed by atoms with van der Waals surface area (Å²) in [5.74, 6) is -0.123. The third kappa shape index (κ3) is 4.87. The highest BCUT2D eigenvalue weighted by Crippen LogP contribution is 2.41. The summed E-state index contributed by atoms with van der Waals surface area (Å²) >= 11 is 0. The number of Topliss-reactive ketones (excluding diaryl/α,β-unsaturated/α-hetero) is 1. The predicted molar refractivity (Wildman–Crippen MR) is 129 cm³/mol. The summed E-state index contributed by atoms with van der Waals surface area (Å²) in [6.07, 6.45) is 0. The van der Waals surface area contributed by atoms with Gasteiger partial charge >= 0.3 is 0 Å². The van der Waals surface area contributed by atoms with Gasteiger partial charge in [0.1, 0.15) is 23.0 Å². The van der Waals surface area contributed by atoms with Crippen LogP contribution >= 0.6 is 0 Å². The number of aliphatic hydroxyl groups excluding tert-OH is 1. The van der Waals surface area contributed by atoms with Crippen LogP contribution in [0.4, 0.5) is 0 Å². The second kappa shape index (κ2) is 11.1. The number of rotatable bonds is 10. The van der Waals surface area contributed by atoms with E-state index >= 15 is 0 Å². The summed E-state index contributed by atoms with van der Waals surface area (Å²) < 4.78 is 15.9. The summed E-state index contributed by atoms with van der Waals surface area (Å²) in [5.41, 5.74) is 1.04. The summed E-state index contributed by atoms with van der Waals surface area (Å²) in [7, 11) is 4.57. The Morgan fingerprint density at radius 1 is 0.941 bits per heavy atom. The van der Waals surface area contributed by atoms with Gasteiger partial charge in [0.05, 0.1) is 38.5 Å². The van der Waals surface area contributed by atoms with Crippen molar-refractivity contribution in [1.82, 2.24) is 9.80 Å². The first-order valence-corrected chi connectivity index (χ1v) is 11.3. The molecule has 182 valence electrons. The molecule has 1 atom stereocenters. The number of likely N-dealkylation sites (tertiary alicyclic amines) is 1. The highest BCUT2D eigenvalue weighted by molar-refractivity contribution is 6.46. The molecular weight excluding hydrogens is 436 g/mol. The van der Waals surface area contributed by atoms with Crippen molar-refractivity contribution in [3.05, 3.63) is 59.2 Å². The number of hydrogen-bond acceptors (Lipinski definition) is 7. The van der Waals surface area contributed by atoms with Crippen molar-refractivity contribution in [2.75, 3.05) is 47.5 Å². The summed E-state index contributed by atoms with van der Waals surface area (Å²) in [4.78, 5) is 30.1. The minimum atomic E-state index is -0.742. The molecule has 0 radical (unpaired) electrons. The first-order chi connectivity index (χ1) is 16.4. The zero-order valence-electron chi connectivity index (χ0n) is 20.3. The monoisotopic (exact) mass is 468 g/mol. The SMILES string of the molecule is CCN(CC)CCN1C(=O)C(=O)/C(=C(\O)c2ccc(OC)cc2OC)C1c1ccc(OC)cc1. The van der Waals surface area contributed by atoms with Gasteiger partial charge in [0.25, 0.3) is 11.7 Å². The number of amides is 1. The minimum Gasteiger partial charge on any atom is -0.507 e. The Bertz CT molecular complexity index is 1060. The molecule has 0 spiro atoms. The van der Waals surface area contributed by atoms with Crippen molar-refractivity contribution in [1.29, 1.82) is 0 Å². The summed E-state index contributed by atoms with van der Waals surface area (Å²) in [6, 6.07) is 11.3. The molecule has 2 aromatic rings. The largest absolute Gasteiger partial charge is 0.507 e. The number of nitrogens with zero attached hydrogens (tertiary/aromatic N) is 2. The fraction of sp³-hybridized carbons (Fsp3) is 0.385. The quantitative estimate of drug-likeness (QED) is 0.324. The van der Waals surface area contributed by atoms with Crippen LogP contribution in [-0.4, -0.2) is 74.1 Å². The second-order valence-corrected chi connectivity index (χ2v) is 7.86. The van der Waals surface area contributed by atoms with Gasteiger partial charge in [-0.1, -0.05) is 26.0 Å². The fourth-order valence-electron chi connectivity index (χ4n) is 4.17. The van der Waals surface area contributed by atoms with Crippen molar-refractivity contribution in [2.24, 2.45) is 0 Å². The topological polar surface area (TPSA) is 88.5 Å². The molecule has 1 unspecified atom stereocenters. The number of methoxy groups -OCH3 is 3. The van der Waals surface area contributed by atoms with Crippen LogP contribution in [0.3, 0.4) is 0 Å². The number of benzene rings is 2. The molecule has 0 aliphatic carbocycles. The molecule has 1 saturated heterocycles. The van der Waals surface area contributed by atoms with Crippen LogP contribution in [0.2, 0.25) is 0 Å². The second-order valence-electron chi connectivity index (χ2n) is 7.86. The number of carbonyl (C=O) groups excluding carboxylic acids is 2. The molecule has 1 aliphatic rings. The third-order valence-corrected chi connectivity index (χ3v) is 6.19. The Kier molecular flexibility index (Phi) is 8.17. The molecule has 1 fully saturated rings. The van der Waals surface area contributed by atoms with E-state index in [1.165, 1.54) is 19.1 Å². The maximum absolute atomic E-state index is 13.2. The lowest BCUT2D eigenvalue weighted by Gasteiger charge is -2.28. The van der Waals surface area contributed by atoms with E-state index in [-0.39, 0.29) is 11.3 Å². The van der Waals surface area contributed by atoms with E-state index < -0.39 is 17.7 Å². The Morgan fingerprint density at radius 2 is 1.56 bits per heavy atom. The van der Waals surface area contributed by atoms with E-state index in [9.17, 15) is 14.7 Å². The highest BCUT2D eigenvalue weighted by Gasteiger charge is 2.46. The number of ether oxygens (including phenoxy) is 3. The van der Waals surface area contributed by atoms with Crippen LogP contribution in [0.25, 0.3) is 5.76 Å². The van der Waals surface area contributed by atoms with Crippen LogP contribution in [0, 0.1) is 0 Å². The van der Waals surface area contributed by atoms with Crippen LogP contribution in [0.5, 0.6) is 17.2 Å². The Balaban J connectivity index is 2.14. The molecule has 2 aromatic carbocycles. The van der Waals surface area contributed by atoms with Crippen molar-refractivity contribution in [3.8, 4) is 17.2 Å². The van der Waals surface area contributed by atoms with Crippen molar-refractivity contribution in [3.63, 3.8) is 0 Å². The molecule has 0 bridgehead atoms. The van der Waals surface area contributed by atoms with E-state index in [1.807, 2.05) is 0 Å². The van der Waals surface area contributed by atoms with Gasteiger partial charge in [-0.05, 0) is 42.9 Å². The van der Waals surface area contributed by atoms with Crippen molar-refractivity contribution < 1.29 is 28.9 Å². The molecule has 1 N–H and O–H groups in total. The predicted octanol–water partition coefficient (Wildman–Crippen LogP) is 3.48. The molecule has 34 heavy (non-hydrogen) atoms. The maximum atomic E-state index is 13.2. The van der Waals surface area contributed by atoms with Gasteiger partial charge in [0.2, 0.25) is 0 Å². The lowest BCUT2D eigenvalue weighted by atomic mass is 9.95. The van der Waals surface area contributed by atoms with Crippen molar-refractivity contribution in [2.45, 2.75) is 19.9 Å². The molecule has 0 saturated carbocycles. The third-order valence-electron chi connectivity index (χ3n) is 6.19. The molecule has 1 heterocycles. The van der Waals surface area contributed by atoms with Crippen molar-refractivity contribution >= 4 is 17.4 Å². The van der Waals surface area contributed by atoms with Crippen LogP contribution in [0.1, 0.15) is 31.0 Å². The normalized spacial score (nSPS) is 17.4. The smallest absolute Gasteiger partial charge is 0.295 e. The zero-order valence-corrected chi connectivity index (χ0v) is 20.3. The number of hydrogen-bond donors (Lipinski definition) is 1. The van der Waals surface area contributed by atoms with E-state index in [0.29, 0.717) is 41.5 Å². The average molecular weight is 469 g/mol. The number of carbonyl (C=O) groups is 2. The highest BCUT2D eigenvalue weighted by atomic mass is 16.5. The summed E-state index contributed by atoms with van der Waals surface area (Å²) in [6.45, 7) is 6.72. The summed E-state index contributed by atoms with van der Waals surface area (Å²) in [5, 5.41) is 11.3. The molecule has 8 nitrogen and oxygen atoms in total. The first-order valence-electron chi connectivity index (χ1n) is 11.3. The van der Waals surface area contributed by atoms with Crippen LogP contribution in [0.15, 0.2) is 48.0 Å². The lowest BCUT2D eigenvalue weighted by Crippen LogP contribution is -2.38. The molecule has 1 amide bonds. The van der Waals surface area contributed by atoms with Gasteiger partial charge in [0.15, 0.2) is 0 Å². The molecule has 3 rings (SSSR count). The number of ketones is 1. The van der Waals surface area contributed by atoms with Gasteiger partial charge in [-0.15, -0.1) is 0 Å².